The summed E-state index contributed by atoms with van der Waals surface area (Å²) in [6, 6.07) is 5.45. The summed E-state index contributed by atoms with van der Waals surface area (Å²) in [6.07, 6.45) is 7.52. The summed E-state index contributed by atoms with van der Waals surface area (Å²) in [4.78, 5) is 6.69. The molecule has 2 aromatic heterocycles. The number of nitrogens with zero attached hydrogens (tertiary/aromatic N) is 5. The second-order valence-corrected chi connectivity index (χ2v) is 7.45. The molecule has 1 aromatic carbocycles. The third kappa shape index (κ3) is 2.91. The van der Waals surface area contributed by atoms with Crippen LogP contribution in [0.1, 0.15) is 12.8 Å². The Morgan fingerprint density at radius 3 is 2.48 bits per heavy atom. The first-order valence-corrected chi connectivity index (χ1v) is 9.20. The molecule has 1 spiro atoms. The van der Waals surface area contributed by atoms with Crippen molar-refractivity contribution in [1.29, 1.82) is 0 Å². The van der Waals surface area contributed by atoms with Gasteiger partial charge >= 0.3 is 0 Å². The average Bonchev–Trinajstić information content (AvgIpc) is 3.22. The molecule has 8 heteroatoms. The zero-order chi connectivity index (χ0) is 18.3. The van der Waals surface area contributed by atoms with Crippen molar-refractivity contribution < 1.29 is 5.11 Å². The van der Waals surface area contributed by atoms with Crippen LogP contribution in [0, 0.1) is 5.41 Å². The largest absolute Gasteiger partial charge is 0.507 e. The third-order valence-electron chi connectivity index (χ3n) is 5.76. The molecule has 0 amide bonds. The molecule has 0 radical (unpaired) electrons. The van der Waals surface area contributed by atoms with E-state index in [0.29, 0.717) is 22.6 Å². The smallest absolute Gasteiger partial charge is 0.245 e. The number of anilines is 1. The van der Waals surface area contributed by atoms with Gasteiger partial charge in [0, 0.05) is 43.5 Å². The van der Waals surface area contributed by atoms with Gasteiger partial charge in [-0.1, -0.05) is 6.07 Å². The molecular weight excluding hydrogens is 342 g/mol. The molecule has 0 aliphatic carbocycles. The zero-order valence-electron chi connectivity index (χ0n) is 14.9. The van der Waals surface area contributed by atoms with Gasteiger partial charge in [0.05, 0.1) is 12.4 Å². The number of hydrogen-bond acceptors (Lipinski definition) is 7. The van der Waals surface area contributed by atoms with Crippen LogP contribution in [0.2, 0.25) is 0 Å². The van der Waals surface area contributed by atoms with E-state index in [0.717, 1.165) is 37.3 Å². The summed E-state index contributed by atoms with van der Waals surface area (Å²) in [5.41, 5.74) is 3.47. The van der Waals surface area contributed by atoms with Crippen LogP contribution in [0.15, 0.2) is 36.8 Å². The van der Waals surface area contributed by atoms with Crippen molar-refractivity contribution in [2.24, 2.45) is 5.41 Å². The Hall–Kier alpha value is -3.00. The fourth-order valence-electron chi connectivity index (χ4n) is 3.89. The molecule has 2 fully saturated rings. The Morgan fingerprint density at radius 1 is 1.04 bits per heavy atom. The second kappa shape index (κ2) is 6.31. The second-order valence-electron chi connectivity index (χ2n) is 7.45. The van der Waals surface area contributed by atoms with Gasteiger partial charge in [0.25, 0.3) is 0 Å². The molecule has 0 saturated carbocycles. The van der Waals surface area contributed by atoms with Crippen molar-refractivity contribution in [1.82, 2.24) is 30.7 Å². The first-order chi connectivity index (χ1) is 13.2. The summed E-state index contributed by atoms with van der Waals surface area (Å²) in [5, 5.41) is 29.1. The van der Waals surface area contributed by atoms with E-state index < -0.39 is 0 Å². The van der Waals surface area contributed by atoms with Crippen LogP contribution in [0.3, 0.4) is 0 Å². The van der Waals surface area contributed by atoms with Crippen molar-refractivity contribution in [2.45, 2.75) is 12.8 Å². The Labute approximate surface area is 156 Å². The SMILES string of the molecule is Oc1cc(-c2cn[nH]c2)ccc1-c1cnc(N2CCC3(CC2)CNC3)nn1. The molecule has 8 nitrogen and oxygen atoms in total. The molecule has 0 bridgehead atoms. The molecule has 138 valence electrons. The fourth-order valence-corrected chi connectivity index (χ4v) is 3.89. The van der Waals surface area contributed by atoms with Crippen LogP contribution in [-0.2, 0) is 0 Å². The highest BCUT2D eigenvalue weighted by molar-refractivity contribution is 5.73. The quantitative estimate of drug-likeness (QED) is 0.652. The van der Waals surface area contributed by atoms with E-state index in [1.807, 2.05) is 12.1 Å². The lowest BCUT2D eigenvalue weighted by molar-refractivity contribution is 0.125. The molecule has 0 unspecified atom stereocenters. The van der Waals surface area contributed by atoms with Gasteiger partial charge in [0.15, 0.2) is 0 Å². The number of aromatic amines is 1. The van der Waals surface area contributed by atoms with Crippen molar-refractivity contribution in [2.75, 3.05) is 31.1 Å². The molecule has 0 atom stereocenters. The van der Waals surface area contributed by atoms with Crippen molar-refractivity contribution in [3.05, 3.63) is 36.8 Å². The first kappa shape index (κ1) is 16.2. The number of benzene rings is 1. The fraction of sp³-hybridized carbons (Fsp3) is 0.368. The number of phenols is 1. The van der Waals surface area contributed by atoms with Gasteiger partial charge in [-0.25, -0.2) is 4.98 Å². The lowest BCUT2D eigenvalue weighted by Crippen LogP contribution is -2.58. The van der Waals surface area contributed by atoms with Crippen molar-refractivity contribution in [3.8, 4) is 28.1 Å². The van der Waals surface area contributed by atoms with E-state index in [1.54, 1.807) is 24.7 Å². The maximum absolute atomic E-state index is 10.4. The molecule has 5 rings (SSSR count). The van der Waals surface area contributed by atoms with Crippen LogP contribution in [0.4, 0.5) is 5.95 Å². The number of nitrogens with one attached hydrogen (secondary N) is 2. The first-order valence-electron chi connectivity index (χ1n) is 9.20. The molecule has 2 aliphatic heterocycles. The Kier molecular flexibility index (Phi) is 3.78. The number of aromatic nitrogens is 5. The topological polar surface area (TPSA) is 103 Å². The van der Waals surface area contributed by atoms with Crippen LogP contribution < -0.4 is 10.2 Å². The summed E-state index contributed by atoms with van der Waals surface area (Å²) in [5.74, 6) is 0.810. The summed E-state index contributed by atoms with van der Waals surface area (Å²) < 4.78 is 0. The maximum atomic E-state index is 10.4. The lowest BCUT2D eigenvalue weighted by Gasteiger charge is -2.48. The number of piperidine rings is 1. The molecule has 3 aromatic rings. The van der Waals surface area contributed by atoms with E-state index in [4.69, 9.17) is 0 Å². The highest BCUT2D eigenvalue weighted by Crippen LogP contribution is 2.36. The van der Waals surface area contributed by atoms with Crippen LogP contribution in [0.25, 0.3) is 22.4 Å². The van der Waals surface area contributed by atoms with E-state index in [1.165, 1.54) is 12.8 Å². The van der Waals surface area contributed by atoms with Crippen LogP contribution >= 0.6 is 0 Å². The normalized spacial score (nSPS) is 18.4. The van der Waals surface area contributed by atoms with E-state index in [2.05, 4.69) is 35.6 Å². The minimum Gasteiger partial charge on any atom is -0.507 e. The Bertz CT molecular complexity index is 925. The number of hydrogen-bond donors (Lipinski definition) is 3. The van der Waals surface area contributed by atoms with Gasteiger partial charge in [-0.3, -0.25) is 5.10 Å². The molecule has 2 aliphatic rings. The molecule has 3 N–H and O–H groups in total. The Balaban J connectivity index is 1.33. The summed E-state index contributed by atoms with van der Waals surface area (Å²) in [7, 11) is 0. The van der Waals surface area contributed by atoms with Crippen LogP contribution in [0.5, 0.6) is 5.75 Å². The van der Waals surface area contributed by atoms with Crippen molar-refractivity contribution in [3.63, 3.8) is 0 Å². The van der Waals surface area contributed by atoms with E-state index >= 15 is 0 Å². The number of H-pyrrole nitrogens is 1. The molecule has 2 saturated heterocycles. The summed E-state index contributed by atoms with van der Waals surface area (Å²) in [6.45, 7) is 4.20. The van der Waals surface area contributed by atoms with Gasteiger partial charge in [0.2, 0.25) is 5.95 Å². The van der Waals surface area contributed by atoms with Crippen molar-refractivity contribution >= 4 is 5.95 Å². The average molecular weight is 363 g/mol. The highest BCUT2D eigenvalue weighted by atomic mass is 16.3. The number of phenolic OH excluding ortho intramolecular Hbond substituents is 1. The molecule has 4 heterocycles. The third-order valence-corrected chi connectivity index (χ3v) is 5.76. The van der Waals surface area contributed by atoms with E-state index in [-0.39, 0.29) is 5.75 Å². The Morgan fingerprint density at radius 2 is 1.89 bits per heavy atom. The predicted octanol–water partition coefficient (Wildman–Crippen LogP) is 1.82. The monoisotopic (exact) mass is 363 g/mol. The molecule has 27 heavy (non-hydrogen) atoms. The minimum atomic E-state index is 0.148. The lowest BCUT2D eigenvalue weighted by atomic mass is 9.73. The molecular formula is C19H21N7O. The highest BCUT2D eigenvalue weighted by Gasteiger charge is 2.40. The van der Waals surface area contributed by atoms with Gasteiger partial charge in [0.1, 0.15) is 11.4 Å². The maximum Gasteiger partial charge on any atom is 0.245 e. The van der Waals surface area contributed by atoms with E-state index in [9.17, 15) is 5.11 Å². The van der Waals surface area contributed by atoms with Gasteiger partial charge < -0.3 is 15.3 Å². The zero-order valence-corrected chi connectivity index (χ0v) is 14.9. The number of rotatable bonds is 3. The number of aromatic hydroxyl groups is 1. The minimum absolute atomic E-state index is 0.148. The standard InChI is InChI=1S/C19H21N7O/c27-17-7-13(14-8-22-23-9-14)1-2-15(17)16-10-21-18(25-24-16)26-5-3-19(4-6-26)11-20-12-19/h1-2,7-10,20,27H,3-6,11-12H2,(H,22,23). The predicted molar refractivity (Wildman–Crippen MR) is 101 cm³/mol. The van der Waals surface area contributed by atoms with Gasteiger partial charge in [-0.15, -0.1) is 10.2 Å². The van der Waals surface area contributed by atoms with Crippen LogP contribution in [-0.4, -0.2) is 56.7 Å². The summed E-state index contributed by atoms with van der Waals surface area (Å²) >= 11 is 0. The van der Waals surface area contributed by atoms with Gasteiger partial charge in [-0.05, 0) is 36.0 Å². The van der Waals surface area contributed by atoms with Gasteiger partial charge in [-0.2, -0.15) is 5.10 Å².